The molecule has 0 spiro atoms. The summed E-state index contributed by atoms with van der Waals surface area (Å²) in [5, 5.41) is 6.94. The summed E-state index contributed by atoms with van der Waals surface area (Å²) in [5.74, 6) is -0.0622. The molecule has 1 unspecified atom stereocenters. The topological polar surface area (TPSA) is 72.7 Å². The van der Waals surface area contributed by atoms with Crippen molar-refractivity contribution >= 4 is 5.91 Å². The number of hydrogen-bond acceptors (Lipinski definition) is 4. The number of pyridine rings is 1. The van der Waals surface area contributed by atoms with Crippen molar-refractivity contribution in [1.82, 2.24) is 25.1 Å². The first kappa shape index (κ1) is 14.2. The van der Waals surface area contributed by atoms with E-state index in [0.29, 0.717) is 13.1 Å². The van der Waals surface area contributed by atoms with Crippen molar-refractivity contribution in [3.8, 4) is 0 Å². The second-order valence-electron chi connectivity index (χ2n) is 4.77. The van der Waals surface area contributed by atoms with Gasteiger partial charge in [0.2, 0.25) is 5.91 Å². The second kappa shape index (κ2) is 7.37. The number of hydrogen-bond donors (Lipinski definition) is 1. The van der Waals surface area contributed by atoms with Crippen LogP contribution in [0.4, 0.5) is 0 Å². The predicted molar refractivity (Wildman–Crippen MR) is 74.8 cm³/mol. The van der Waals surface area contributed by atoms with Gasteiger partial charge in [0.25, 0.3) is 0 Å². The Morgan fingerprint density at radius 2 is 2.15 bits per heavy atom. The Bertz CT molecular complexity index is 512. The average molecular weight is 273 g/mol. The molecular weight excluding hydrogens is 254 g/mol. The summed E-state index contributed by atoms with van der Waals surface area (Å²) in [6, 6.07) is 3.99. The van der Waals surface area contributed by atoms with E-state index in [0.717, 1.165) is 12.8 Å². The lowest BCUT2D eigenvalue weighted by molar-refractivity contribution is -0.124. The van der Waals surface area contributed by atoms with Crippen LogP contribution in [0.25, 0.3) is 0 Å². The molecule has 0 bridgehead atoms. The van der Waals surface area contributed by atoms with Crippen LogP contribution in [0.5, 0.6) is 0 Å². The van der Waals surface area contributed by atoms with Gasteiger partial charge < -0.3 is 5.32 Å². The fourth-order valence-corrected chi connectivity index (χ4v) is 1.92. The van der Waals surface area contributed by atoms with Crippen molar-refractivity contribution in [2.24, 2.45) is 5.92 Å². The van der Waals surface area contributed by atoms with Crippen LogP contribution in [0.3, 0.4) is 0 Å². The van der Waals surface area contributed by atoms with Crippen LogP contribution in [0.1, 0.15) is 18.9 Å². The van der Waals surface area contributed by atoms with Gasteiger partial charge in [-0.3, -0.25) is 14.5 Å². The zero-order chi connectivity index (χ0) is 14.2. The molecule has 0 aliphatic heterocycles. The first-order valence-electron chi connectivity index (χ1n) is 6.74. The van der Waals surface area contributed by atoms with Crippen LogP contribution in [0.2, 0.25) is 0 Å². The minimum absolute atomic E-state index is 0.0511. The minimum Gasteiger partial charge on any atom is -0.356 e. The predicted octanol–water partition coefficient (Wildman–Crippen LogP) is 1.06. The molecule has 0 aromatic carbocycles. The molecular formula is C14H19N5O. The van der Waals surface area contributed by atoms with E-state index in [2.05, 4.69) is 20.4 Å². The van der Waals surface area contributed by atoms with Crippen molar-refractivity contribution in [3.63, 3.8) is 0 Å². The fourth-order valence-electron chi connectivity index (χ4n) is 1.92. The number of carbonyl (C=O) groups excluding carboxylic acids is 1. The standard InChI is InChI=1S/C14H19N5O/c1-12(9-19-11-16-10-18-19)14(20)17-6-2-3-13-4-7-15-8-5-13/h4-5,7-8,10-12H,2-3,6,9H2,1H3,(H,17,20). The summed E-state index contributed by atoms with van der Waals surface area (Å²) in [6.45, 7) is 3.12. The lowest BCUT2D eigenvalue weighted by atomic mass is 10.1. The first-order valence-corrected chi connectivity index (χ1v) is 6.74. The SMILES string of the molecule is CC(Cn1cncn1)C(=O)NCCCc1ccncc1. The molecule has 6 heteroatoms. The quantitative estimate of drug-likeness (QED) is 0.766. The van der Waals surface area contributed by atoms with E-state index < -0.39 is 0 Å². The van der Waals surface area contributed by atoms with Crippen LogP contribution in [-0.2, 0) is 17.8 Å². The molecule has 0 fully saturated rings. The number of carbonyl (C=O) groups is 1. The third-order valence-corrected chi connectivity index (χ3v) is 3.07. The number of aryl methyl sites for hydroxylation is 1. The van der Waals surface area contributed by atoms with E-state index in [1.165, 1.54) is 11.9 Å². The van der Waals surface area contributed by atoms with E-state index in [9.17, 15) is 4.79 Å². The zero-order valence-corrected chi connectivity index (χ0v) is 11.6. The molecule has 2 heterocycles. The van der Waals surface area contributed by atoms with Crippen molar-refractivity contribution in [2.45, 2.75) is 26.3 Å². The molecule has 0 radical (unpaired) electrons. The molecule has 0 aliphatic rings. The van der Waals surface area contributed by atoms with Crippen molar-refractivity contribution < 1.29 is 4.79 Å². The van der Waals surface area contributed by atoms with Gasteiger partial charge in [0.15, 0.2) is 0 Å². The summed E-state index contributed by atoms with van der Waals surface area (Å²) in [7, 11) is 0. The number of nitrogens with one attached hydrogen (secondary N) is 1. The van der Waals surface area contributed by atoms with Gasteiger partial charge >= 0.3 is 0 Å². The van der Waals surface area contributed by atoms with Gasteiger partial charge in [-0.2, -0.15) is 5.10 Å². The van der Waals surface area contributed by atoms with Crippen LogP contribution in [0.15, 0.2) is 37.2 Å². The van der Waals surface area contributed by atoms with Gasteiger partial charge in [-0.1, -0.05) is 6.92 Å². The minimum atomic E-state index is -0.113. The maximum atomic E-state index is 11.9. The van der Waals surface area contributed by atoms with Crippen LogP contribution in [0, 0.1) is 5.92 Å². The zero-order valence-electron chi connectivity index (χ0n) is 11.6. The Labute approximate surface area is 118 Å². The van der Waals surface area contributed by atoms with E-state index >= 15 is 0 Å². The van der Waals surface area contributed by atoms with Gasteiger partial charge in [-0.25, -0.2) is 4.98 Å². The Kier molecular flexibility index (Phi) is 5.23. The van der Waals surface area contributed by atoms with E-state index in [1.54, 1.807) is 23.4 Å². The number of aromatic nitrogens is 4. The van der Waals surface area contributed by atoms with Gasteiger partial charge in [0, 0.05) is 18.9 Å². The Morgan fingerprint density at radius 3 is 2.85 bits per heavy atom. The molecule has 0 saturated carbocycles. The summed E-state index contributed by atoms with van der Waals surface area (Å²) in [4.78, 5) is 19.7. The van der Waals surface area contributed by atoms with Crippen molar-refractivity contribution in [1.29, 1.82) is 0 Å². The molecule has 0 saturated heterocycles. The summed E-state index contributed by atoms with van der Waals surface area (Å²) < 4.78 is 1.67. The fraction of sp³-hybridized carbons (Fsp3) is 0.429. The maximum Gasteiger partial charge on any atom is 0.224 e. The van der Waals surface area contributed by atoms with Gasteiger partial charge in [0.05, 0.1) is 12.5 Å². The van der Waals surface area contributed by atoms with Crippen LogP contribution < -0.4 is 5.32 Å². The van der Waals surface area contributed by atoms with Crippen LogP contribution in [-0.4, -0.2) is 32.2 Å². The van der Waals surface area contributed by atoms with E-state index in [4.69, 9.17) is 0 Å². The number of nitrogens with zero attached hydrogens (tertiary/aromatic N) is 4. The van der Waals surface area contributed by atoms with E-state index in [1.807, 2.05) is 19.1 Å². The molecule has 6 nitrogen and oxygen atoms in total. The van der Waals surface area contributed by atoms with Crippen molar-refractivity contribution in [2.75, 3.05) is 6.54 Å². The normalized spacial score (nSPS) is 12.1. The smallest absolute Gasteiger partial charge is 0.224 e. The lowest BCUT2D eigenvalue weighted by Gasteiger charge is -2.11. The third-order valence-electron chi connectivity index (χ3n) is 3.07. The molecule has 1 N–H and O–H groups in total. The van der Waals surface area contributed by atoms with Gasteiger partial charge in [-0.05, 0) is 30.5 Å². The number of amides is 1. The summed E-state index contributed by atoms with van der Waals surface area (Å²) in [5.41, 5.74) is 1.24. The largest absolute Gasteiger partial charge is 0.356 e. The highest BCUT2D eigenvalue weighted by Gasteiger charge is 2.12. The van der Waals surface area contributed by atoms with Crippen molar-refractivity contribution in [3.05, 3.63) is 42.7 Å². The lowest BCUT2D eigenvalue weighted by Crippen LogP contribution is -2.32. The first-order chi connectivity index (χ1) is 9.75. The Balaban J connectivity index is 1.65. The molecule has 2 aromatic heterocycles. The molecule has 106 valence electrons. The Morgan fingerprint density at radius 1 is 1.35 bits per heavy atom. The molecule has 1 atom stereocenters. The monoisotopic (exact) mass is 273 g/mol. The maximum absolute atomic E-state index is 11.9. The highest BCUT2D eigenvalue weighted by molar-refractivity contribution is 5.78. The van der Waals surface area contributed by atoms with E-state index in [-0.39, 0.29) is 11.8 Å². The molecule has 2 aromatic rings. The molecule has 1 amide bonds. The molecule has 20 heavy (non-hydrogen) atoms. The second-order valence-corrected chi connectivity index (χ2v) is 4.77. The molecule has 0 aliphatic carbocycles. The van der Waals surface area contributed by atoms with Crippen LogP contribution >= 0.6 is 0 Å². The average Bonchev–Trinajstić information content (AvgIpc) is 2.97. The summed E-state index contributed by atoms with van der Waals surface area (Å²) in [6.07, 6.45) is 8.53. The highest BCUT2D eigenvalue weighted by Crippen LogP contribution is 2.01. The molecule has 2 rings (SSSR count). The highest BCUT2D eigenvalue weighted by atomic mass is 16.1. The number of rotatable bonds is 7. The van der Waals surface area contributed by atoms with Gasteiger partial charge in [-0.15, -0.1) is 0 Å². The van der Waals surface area contributed by atoms with Gasteiger partial charge in [0.1, 0.15) is 12.7 Å². The summed E-state index contributed by atoms with van der Waals surface area (Å²) >= 11 is 0. The Hall–Kier alpha value is -2.24. The third kappa shape index (κ3) is 4.46.